The number of hydrogen-bond acceptors (Lipinski definition) is 6. The first-order valence-electron chi connectivity index (χ1n) is 6.34. The molecule has 1 heterocycles. The molecule has 0 fully saturated rings. The van der Waals surface area contributed by atoms with Gasteiger partial charge >= 0.3 is 5.97 Å². The Bertz CT molecular complexity index is 435. The first-order valence-corrected chi connectivity index (χ1v) is 6.34. The zero-order valence-corrected chi connectivity index (χ0v) is 12.2. The van der Waals surface area contributed by atoms with Crippen molar-refractivity contribution < 1.29 is 9.53 Å². The maximum absolute atomic E-state index is 11.7. The normalized spacial score (nSPS) is 12.1. The van der Waals surface area contributed by atoms with E-state index in [1.807, 2.05) is 6.92 Å². The van der Waals surface area contributed by atoms with Gasteiger partial charge in [0.1, 0.15) is 11.9 Å². The van der Waals surface area contributed by atoms with Gasteiger partial charge in [-0.25, -0.2) is 9.78 Å². The number of methoxy groups -OCH3 is 1. The van der Waals surface area contributed by atoms with Crippen LogP contribution in [0.2, 0.25) is 0 Å². The summed E-state index contributed by atoms with van der Waals surface area (Å²) in [5, 5.41) is 6.00. The summed E-state index contributed by atoms with van der Waals surface area (Å²) in [5.74, 6) is 1.24. The lowest BCUT2D eigenvalue weighted by molar-refractivity contribution is -0.141. The minimum atomic E-state index is -0.399. The second-order valence-electron chi connectivity index (χ2n) is 4.82. The Kier molecular flexibility index (Phi) is 5.54. The smallest absolute Gasteiger partial charge is 0.328 e. The molecule has 0 radical (unpaired) electrons. The van der Waals surface area contributed by atoms with Gasteiger partial charge in [0.2, 0.25) is 5.95 Å². The monoisotopic (exact) mass is 266 g/mol. The van der Waals surface area contributed by atoms with E-state index in [0.717, 1.165) is 5.69 Å². The van der Waals surface area contributed by atoms with Crippen molar-refractivity contribution in [2.45, 2.75) is 33.2 Å². The molecule has 6 nitrogen and oxygen atoms in total. The largest absolute Gasteiger partial charge is 0.467 e. The SMILES string of the molecule is CNc1nc(C)cc(NC(CC(C)C)C(=O)OC)n1. The van der Waals surface area contributed by atoms with Crippen LogP contribution in [0.15, 0.2) is 6.07 Å². The number of carbonyl (C=O) groups excluding carboxylic acids is 1. The van der Waals surface area contributed by atoms with Crippen molar-refractivity contribution in [3.05, 3.63) is 11.8 Å². The molecule has 2 N–H and O–H groups in total. The quantitative estimate of drug-likeness (QED) is 0.765. The standard InChI is InChI=1S/C13H22N4O2/c1-8(2)6-10(12(18)19-5)16-11-7-9(3)15-13(14-4)17-11/h7-8,10H,6H2,1-5H3,(H2,14,15,16,17). The molecule has 0 bridgehead atoms. The number of ether oxygens (including phenoxy) is 1. The van der Waals surface area contributed by atoms with E-state index in [1.165, 1.54) is 7.11 Å². The molecule has 106 valence electrons. The molecule has 0 saturated heterocycles. The molecule has 6 heteroatoms. The Morgan fingerprint density at radius 2 is 2.11 bits per heavy atom. The summed E-state index contributed by atoms with van der Waals surface area (Å²) < 4.78 is 4.81. The van der Waals surface area contributed by atoms with Gasteiger partial charge in [0.15, 0.2) is 0 Å². The Balaban J connectivity index is 2.89. The number of nitrogens with zero attached hydrogens (tertiary/aromatic N) is 2. The van der Waals surface area contributed by atoms with E-state index >= 15 is 0 Å². The van der Waals surface area contributed by atoms with Gasteiger partial charge in [0.25, 0.3) is 0 Å². The van der Waals surface area contributed by atoms with E-state index in [2.05, 4.69) is 34.4 Å². The molecule has 0 aromatic carbocycles. The van der Waals surface area contributed by atoms with Crippen LogP contribution in [0.1, 0.15) is 26.0 Å². The number of rotatable bonds is 6. The summed E-state index contributed by atoms with van der Waals surface area (Å²) in [7, 11) is 3.14. The Morgan fingerprint density at radius 3 is 2.63 bits per heavy atom. The first kappa shape index (κ1) is 15.2. The van der Waals surface area contributed by atoms with E-state index < -0.39 is 6.04 Å². The minimum Gasteiger partial charge on any atom is -0.467 e. The van der Waals surface area contributed by atoms with Crippen LogP contribution >= 0.6 is 0 Å². The highest BCUT2D eigenvalue weighted by atomic mass is 16.5. The fourth-order valence-corrected chi connectivity index (χ4v) is 1.76. The summed E-state index contributed by atoms with van der Waals surface area (Å²) >= 11 is 0. The molecule has 1 atom stereocenters. The van der Waals surface area contributed by atoms with E-state index in [9.17, 15) is 4.79 Å². The summed E-state index contributed by atoms with van der Waals surface area (Å²) in [4.78, 5) is 20.2. The van der Waals surface area contributed by atoms with Gasteiger partial charge in [-0.2, -0.15) is 4.98 Å². The lowest BCUT2D eigenvalue weighted by Crippen LogP contribution is -2.32. The molecule has 0 saturated carbocycles. The van der Waals surface area contributed by atoms with Crippen LogP contribution in [0.3, 0.4) is 0 Å². The van der Waals surface area contributed by atoms with E-state index in [0.29, 0.717) is 24.1 Å². The van der Waals surface area contributed by atoms with Crippen molar-refractivity contribution in [1.82, 2.24) is 9.97 Å². The van der Waals surface area contributed by atoms with E-state index in [1.54, 1.807) is 13.1 Å². The van der Waals surface area contributed by atoms with Gasteiger partial charge < -0.3 is 15.4 Å². The molecular formula is C13H22N4O2. The number of aryl methyl sites for hydroxylation is 1. The predicted octanol–water partition coefficient (Wildman–Crippen LogP) is 1.83. The van der Waals surface area contributed by atoms with Crippen LogP contribution in [-0.2, 0) is 9.53 Å². The average molecular weight is 266 g/mol. The van der Waals surface area contributed by atoms with Crippen molar-refractivity contribution in [2.24, 2.45) is 5.92 Å². The van der Waals surface area contributed by atoms with Crippen molar-refractivity contribution >= 4 is 17.7 Å². The molecule has 0 amide bonds. The fraction of sp³-hybridized carbons (Fsp3) is 0.615. The molecule has 1 rings (SSSR count). The average Bonchev–Trinajstić information content (AvgIpc) is 2.35. The number of hydrogen-bond donors (Lipinski definition) is 2. The maximum Gasteiger partial charge on any atom is 0.328 e. The Morgan fingerprint density at radius 1 is 1.42 bits per heavy atom. The molecule has 1 aromatic rings. The third-order valence-electron chi connectivity index (χ3n) is 2.59. The van der Waals surface area contributed by atoms with Crippen molar-refractivity contribution in [3.63, 3.8) is 0 Å². The fourth-order valence-electron chi connectivity index (χ4n) is 1.76. The van der Waals surface area contributed by atoms with Crippen LogP contribution in [0.4, 0.5) is 11.8 Å². The molecule has 0 aliphatic carbocycles. The van der Waals surface area contributed by atoms with Gasteiger partial charge in [-0.15, -0.1) is 0 Å². The highest BCUT2D eigenvalue weighted by molar-refractivity contribution is 5.78. The summed E-state index contributed by atoms with van der Waals surface area (Å²) in [6.07, 6.45) is 0.685. The van der Waals surface area contributed by atoms with Crippen LogP contribution in [0.25, 0.3) is 0 Å². The van der Waals surface area contributed by atoms with Crippen LogP contribution in [0.5, 0.6) is 0 Å². The number of carbonyl (C=O) groups is 1. The minimum absolute atomic E-state index is 0.282. The van der Waals surface area contributed by atoms with Crippen LogP contribution in [-0.4, -0.2) is 36.1 Å². The second-order valence-corrected chi connectivity index (χ2v) is 4.82. The molecule has 19 heavy (non-hydrogen) atoms. The maximum atomic E-state index is 11.7. The molecular weight excluding hydrogens is 244 g/mol. The molecule has 1 unspecified atom stereocenters. The van der Waals surface area contributed by atoms with Gasteiger partial charge in [0, 0.05) is 18.8 Å². The van der Waals surface area contributed by atoms with Gasteiger partial charge in [-0.3, -0.25) is 0 Å². The predicted molar refractivity (Wildman–Crippen MR) is 75.2 cm³/mol. The second kappa shape index (κ2) is 6.92. The third-order valence-corrected chi connectivity index (χ3v) is 2.59. The lowest BCUT2D eigenvalue weighted by Gasteiger charge is -2.19. The first-order chi connectivity index (χ1) is 8.96. The lowest BCUT2D eigenvalue weighted by atomic mass is 10.0. The van der Waals surface area contributed by atoms with Crippen LogP contribution < -0.4 is 10.6 Å². The number of nitrogens with one attached hydrogen (secondary N) is 2. The number of esters is 1. The zero-order chi connectivity index (χ0) is 14.4. The number of aromatic nitrogens is 2. The highest BCUT2D eigenvalue weighted by Gasteiger charge is 2.21. The molecule has 0 spiro atoms. The topological polar surface area (TPSA) is 76.1 Å². The van der Waals surface area contributed by atoms with Crippen molar-refractivity contribution in [2.75, 3.05) is 24.8 Å². The highest BCUT2D eigenvalue weighted by Crippen LogP contribution is 2.14. The molecule has 1 aromatic heterocycles. The Hall–Kier alpha value is -1.85. The third kappa shape index (κ3) is 4.73. The van der Waals surface area contributed by atoms with Gasteiger partial charge in [-0.1, -0.05) is 13.8 Å². The van der Waals surface area contributed by atoms with Gasteiger partial charge in [-0.05, 0) is 19.3 Å². The van der Waals surface area contributed by atoms with Gasteiger partial charge in [0.05, 0.1) is 7.11 Å². The van der Waals surface area contributed by atoms with E-state index in [4.69, 9.17) is 4.74 Å². The van der Waals surface area contributed by atoms with E-state index in [-0.39, 0.29) is 5.97 Å². The van der Waals surface area contributed by atoms with Crippen LogP contribution in [0, 0.1) is 12.8 Å². The zero-order valence-electron chi connectivity index (χ0n) is 12.2. The Labute approximate surface area is 114 Å². The summed E-state index contributed by atoms with van der Waals surface area (Å²) in [5.41, 5.74) is 0.829. The van der Waals surface area contributed by atoms with Crippen molar-refractivity contribution in [3.8, 4) is 0 Å². The summed E-state index contributed by atoms with van der Waals surface area (Å²) in [6, 6.07) is 1.40. The molecule has 0 aliphatic heterocycles. The number of anilines is 2. The van der Waals surface area contributed by atoms with Crippen molar-refractivity contribution in [1.29, 1.82) is 0 Å². The summed E-state index contributed by atoms with van der Waals surface area (Å²) in [6.45, 7) is 5.99. The molecule has 0 aliphatic rings.